The van der Waals surface area contributed by atoms with Crippen LogP contribution < -0.4 is 16.2 Å². The van der Waals surface area contributed by atoms with Gasteiger partial charge in [-0.05, 0) is 6.07 Å². The molecule has 0 saturated heterocycles. The molecule has 10 heteroatoms. The second kappa shape index (κ2) is 5.04. The van der Waals surface area contributed by atoms with Crippen molar-refractivity contribution in [3.8, 4) is 0 Å². The number of aromatic nitrogens is 1. The lowest BCUT2D eigenvalue weighted by Crippen LogP contribution is -2.32. The Morgan fingerprint density at radius 2 is 2.17 bits per heavy atom. The second-order valence-corrected chi connectivity index (χ2v) is 3.41. The maximum absolute atomic E-state index is 12.2. The molecule has 1 rings (SSSR count). The van der Waals surface area contributed by atoms with E-state index in [1.54, 1.807) is 0 Å². The van der Waals surface area contributed by atoms with Gasteiger partial charge in [0, 0.05) is 13.1 Å². The Hall–Kier alpha value is -2.10. The smallest absolute Gasteiger partial charge is 0.345 e. The summed E-state index contributed by atoms with van der Waals surface area (Å²) in [4.78, 5) is 14.2. The van der Waals surface area contributed by atoms with E-state index < -0.39 is 29.1 Å². The molecule has 1 heterocycles. The summed E-state index contributed by atoms with van der Waals surface area (Å²) in [6.07, 6.45) is -4.49. The van der Waals surface area contributed by atoms with Crippen LogP contribution in [0.4, 0.5) is 30.5 Å². The van der Waals surface area contributed by atoms with Crippen LogP contribution in [0.3, 0.4) is 0 Å². The lowest BCUT2D eigenvalue weighted by atomic mass is 10.3. The largest absolute Gasteiger partial charge is 0.405 e. The van der Waals surface area contributed by atoms with Crippen LogP contribution in [0, 0.1) is 10.1 Å². The van der Waals surface area contributed by atoms with E-state index in [1.165, 1.54) is 6.07 Å². The Balaban J connectivity index is 3.14. The number of nitrogens with one attached hydrogen (secondary N) is 1. The van der Waals surface area contributed by atoms with Crippen LogP contribution in [0.5, 0.6) is 0 Å². The van der Waals surface area contributed by atoms with Crippen LogP contribution >= 0.6 is 0 Å². The fraction of sp³-hybridized carbons (Fsp3) is 0.375. The van der Waals surface area contributed by atoms with Gasteiger partial charge in [-0.3, -0.25) is 10.1 Å². The molecule has 3 N–H and O–H groups in total. The van der Waals surface area contributed by atoms with E-state index in [-0.39, 0.29) is 5.82 Å². The summed E-state index contributed by atoms with van der Waals surface area (Å²) in [7, 11) is 1.06. The Bertz CT molecular complexity index is 451. The quantitative estimate of drug-likeness (QED) is 0.483. The predicted molar refractivity (Wildman–Crippen MR) is 58.0 cm³/mol. The van der Waals surface area contributed by atoms with Crippen molar-refractivity contribution in [2.24, 2.45) is 5.84 Å². The number of hydrogen-bond acceptors (Lipinski definition) is 6. The highest BCUT2D eigenvalue weighted by atomic mass is 19.4. The van der Waals surface area contributed by atoms with Gasteiger partial charge >= 0.3 is 11.9 Å². The van der Waals surface area contributed by atoms with Gasteiger partial charge in [0.05, 0.1) is 4.92 Å². The molecule has 7 nitrogen and oxygen atoms in total. The summed E-state index contributed by atoms with van der Waals surface area (Å²) in [6, 6.07) is 2.23. The molecule has 0 aliphatic heterocycles. The highest BCUT2D eigenvalue weighted by molar-refractivity contribution is 5.61. The van der Waals surface area contributed by atoms with Gasteiger partial charge in [0.2, 0.25) is 5.82 Å². The van der Waals surface area contributed by atoms with Crippen LogP contribution in [0.2, 0.25) is 0 Å². The fourth-order valence-electron chi connectivity index (χ4n) is 1.29. The number of anilines is 2. The van der Waals surface area contributed by atoms with E-state index in [4.69, 9.17) is 5.84 Å². The molecule has 0 saturated carbocycles. The Kier molecular flexibility index (Phi) is 3.91. The standard InChI is InChI=1S/C8H10F3N5O2/c1-15(4-8(9,10)11)7-5(16(17)18)2-3-6(13-7)14-12/h2-3H,4,12H2,1H3,(H,13,14). The number of nitrogens with two attached hydrogens (primary N) is 1. The first kappa shape index (κ1) is 14.0. The maximum Gasteiger partial charge on any atom is 0.405 e. The van der Waals surface area contributed by atoms with Crippen LogP contribution in [0.25, 0.3) is 0 Å². The third-order valence-corrected chi connectivity index (χ3v) is 1.98. The first-order valence-electron chi connectivity index (χ1n) is 4.64. The minimum atomic E-state index is -4.49. The number of alkyl halides is 3. The molecule has 0 atom stereocenters. The average Bonchev–Trinajstić information content (AvgIpc) is 2.25. The van der Waals surface area contributed by atoms with Gasteiger partial charge in [0.1, 0.15) is 12.4 Å². The van der Waals surface area contributed by atoms with Crippen molar-refractivity contribution in [1.29, 1.82) is 0 Å². The number of nitrogen functional groups attached to an aromatic ring is 1. The zero-order valence-corrected chi connectivity index (χ0v) is 9.23. The molecule has 0 amide bonds. The number of rotatable bonds is 4. The fourth-order valence-corrected chi connectivity index (χ4v) is 1.29. The third kappa shape index (κ3) is 3.45. The van der Waals surface area contributed by atoms with E-state index in [1.807, 2.05) is 0 Å². The maximum atomic E-state index is 12.2. The Morgan fingerprint density at radius 3 is 2.61 bits per heavy atom. The molecule has 0 unspecified atom stereocenters. The summed E-state index contributed by atoms with van der Waals surface area (Å²) in [5.74, 6) is 4.67. The molecule has 0 bridgehead atoms. The molecule has 0 spiro atoms. The SMILES string of the molecule is CN(CC(F)(F)F)c1nc(NN)ccc1[N+](=O)[O-]. The lowest BCUT2D eigenvalue weighted by molar-refractivity contribution is -0.384. The minimum absolute atomic E-state index is 0.0321. The van der Waals surface area contributed by atoms with Gasteiger partial charge in [0.15, 0.2) is 0 Å². The average molecular weight is 265 g/mol. The van der Waals surface area contributed by atoms with Gasteiger partial charge in [-0.25, -0.2) is 10.8 Å². The van der Waals surface area contributed by atoms with Gasteiger partial charge in [0.25, 0.3) is 0 Å². The number of pyridine rings is 1. The number of halogens is 3. The van der Waals surface area contributed by atoms with Crippen molar-refractivity contribution in [3.05, 3.63) is 22.2 Å². The predicted octanol–water partition coefficient (Wildman–Crippen LogP) is 1.27. The Labute approximate surface area is 99.5 Å². The molecule has 0 aromatic carbocycles. The molecule has 0 radical (unpaired) electrons. The van der Waals surface area contributed by atoms with Crippen molar-refractivity contribution in [2.45, 2.75) is 6.18 Å². The Morgan fingerprint density at radius 1 is 1.56 bits per heavy atom. The summed E-state index contributed by atoms with van der Waals surface area (Å²) in [5.41, 5.74) is 1.58. The third-order valence-electron chi connectivity index (χ3n) is 1.98. The van der Waals surface area contributed by atoms with Crippen molar-refractivity contribution >= 4 is 17.3 Å². The topological polar surface area (TPSA) is 97.3 Å². The van der Waals surface area contributed by atoms with E-state index >= 15 is 0 Å². The molecular weight excluding hydrogens is 255 g/mol. The summed E-state index contributed by atoms with van der Waals surface area (Å²) in [5, 5.41) is 10.7. The molecule has 18 heavy (non-hydrogen) atoms. The second-order valence-electron chi connectivity index (χ2n) is 3.41. The zero-order valence-electron chi connectivity index (χ0n) is 9.23. The first-order chi connectivity index (χ1) is 8.24. The van der Waals surface area contributed by atoms with Crippen LogP contribution in [-0.2, 0) is 0 Å². The van der Waals surface area contributed by atoms with E-state index in [2.05, 4.69) is 10.4 Å². The van der Waals surface area contributed by atoms with Crippen molar-refractivity contribution in [1.82, 2.24) is 4.98 Å². The van der Waals surface area contributed by atoms with Gasteiger partial charge < -0.3 is 10.3 Å². The number of hydrazine groups is 1. The van der Waals surface area contributed by atoms with Gasteiger partial charge in [-0.15, -0.1) is 0 Å². The molecule has 0 fully saturated rings. The highest BCUT2D eigenvalue weighted by Crippen LogP contribution is 2.28. The van der Waals surface area contributed by atoms with Gasteiger partial charge in [-0.2, -0.15) is 13.2 Å². The molecular formula is C8H10F3N5O2. The lowest BCUT2D eigenvalue weighted by Gasteiger charge is -2.19. The summed E-state index contributed by atoms with van der Waals surface area (Å²) in [6.45, 7) is -1.35. The molecule has 0 aliphatic rings. The molecule has 0 aliphatic carbocycles. The zero-order chi connectivity index (χ0) is 13.9. The van der Waals surface area contributed by atoms with E-state index in [0.717, 1.165) is 13.1 Å². The van der Waals surface area contributed by atoms with E-state index in [9.17, 15) is 23.3 Å². The monoisotopic (exact) mass is 265 g/mol. The first-order valence-corrected chi connectivity index (χ1v) is 4.64. The van der Waals surface area contributed by atoms with Gasteiger partial charge in [-0.1, -0.05) is 0 Å². The van der Waals surface area contributed by atoms with Crippen molar-refractivity contribution in [3.63, 3.8) is 0 Å². The number of nitrogens with zero attached hydrogens (tertiary/aromatic N) is 3. The molecule has 100 valence electrons. The summed E-state index contributed by atoms with van der Waals surface area (Å²) < 4.78 is 36.7. The van der Waals surface area contributed by atoms with Crippen LogP contribution in [-0.4, -0.2) is 29.7 Å². The normalized spacial score (nSPS) is 11.2. The molecule has 1 aromatic heterocycles. The number of nitro groups is 1. The highest BCUT2D eigenvalue weighted by Gasteiger charge is 2.32. The minimum Gasteiger partial charge on any atom is -0.345 e. The number of hydrogen-bond donors (Lipinski definition) is 2. The van der Waals surface area contributed by atoms with Crippen molar-refractivity contribution in [2.75, 3.05) is 23.9 Å². The van der Waals surface area contributed by atoms with Crippen molar-refractivity contribution < 1.29 is 18.1 Å². The van der Waals surface area contributed by atoms with Crippen LogP contribution in [0.15, 0.2) is 12.1 Å². The molecule has 1 aromatic rings. The summed E-state index contributed by atoms with van der Waals surface area (Å²) >= 11 is 0. The van der Waals surface area contributed by atoms with Crippen LogP contribution in [0.1, 0.15) is 0 Å². The van der Waals surface area contributed by atoms with E-state index in [0.29, 0.717) is 4.90 Å².